The highest BCUT2D eigenvalue weighted by Gasteiger charge is 2.24. The third kappa shape index (κ3) is 3.35. The van der Waals surface area contributed by atoms with E-state index in [9.17, 15) is 4.79 Å². The number of carbonyl (C=O) groups excluding carboxylic acids is 1. The molecule has 1 aromatic heterocycles. The second-order valence-corrected chi connectivity index (χ2v) is 6.02. The minimum Gasteiger partial charge on any atom is -0.401 e. The predicted octanol–water partition coefficient (Wildman–Crippen LogP) is 3.94. The first kappa shape index (κ1) is 15.5. The molecule has 0 saturated heterocycles. The van der Waals surface area contributed by atoms with E-state index in [-0.39, 0.29) is 0 Å². The van der Waals surface area contributed by atoms with E-state index in [1.165, 1.54) is 17.0 Å². The Morgan fingerprint density at radius 3 is 2.52 bits per heavy atom. The Labute approximate surface area is 139 Å². The molecule has 0 radical (unpaired) electrons. The van der Waals surface area contributed by atoms with Crippen LogP contribution in [0, 0.1) is 0 Å². The summed E-state index contributed by atoms with van der Waals surface area (Å²) in [6.07, 6.45) is 1.76. The number of hydrogen-bond acceptors (Lipinski definition) is 5. The van der Waals surface area contributed by atoms with Gasteiger partial charge in [0.2, 0.25) is 5.90 Å². The van der Waals surface area contributed by atoms with Crippen molar-refractivity contribution >= 4 is 35.0 Å². The fourth-order valence-electron chi connectivity index (χ4n) is 2.44. The van der Waals surface area contributed by atoms with Crippen LogP contribution in [-0.2, 0) is 9.53 Å². The normalized spacial score (nSPS) is 15.7. The number of thiophene rings is 1. The molecule has 0 aliphatic carbocycles. The SMILES string of the molecule is CCN(CC)c1ccc(C=C2N=C(c3cccs3)OC2=O)cc1. The molecule has 2 heterocycles. The zero-order chi connectivity index (χ0) is 16.2. The molecule has 0 spiro atoms. The number of aliphatic imine (C=N–C) groups is 1. The summed E-state index contributed by atoms with van der Waals surface area (Å²) < 4.78 is 5.23. The Morgan fingerprint density at radius 2 is 1.91 bits per heavy atom. The largest absolute Gasteiger partial charge is 0.401 e. The summed E-state index contributed by atoms with van der Waals surface area (Å²) in [6, 6.07) is 11.9. The van der Waals surface area contributed by atoms with Gasteiger partial charge in [0.15, 0.2) is 5.70 Å². The van der Waals surface area contributed by atoms with Crippen molar-refractivity contribution in [2.45, 2.75) is 13.8 Å². The first-order valence-electron chi connectivity index (χ1n) is 7.62. The van der Waals surface area contributed by atoms with E-state index in [1.54, 1.807) is 6.08 Å². The monoisotopic (exact) mass is 326 g/mol. The maximum absolute atomic E-state index is 11.9. The van der Waals surface area contributed by atoms with Crippen molar-refractivity contribution in [2.75, 3.05) is 18.0 Å². The first-order valence-corrected chi connectivity index (χ1v) is 8.50. The molecule has 0 fully saturated rings. The third-order valence-corrected chi connectivity index (χ3v) is 4.54. The van der Waals surface area contributed by atoms with Gasteiger partial charge in [0.1, 0.15) is 0 Å². The summed E-state index contributed by atoms with van der Waals surface area (Å²) in [7, 11) is 0. The van der Waals surface area contributed by atoms with Gasteiger partial charge in [-0.05, 0) is 49.1 Å². The maximum atomic E-state index is 11.9. The maximum Gasteiger partial charge on any atom is 0.363 e. The number of ether oxygens (including phenoxy) is 1. The van der Waals surface area contributed by atoms with Crippen LogP contribution in [0.2, 0.25) is 0 Å². The highest BCUT2D eigenvalue weighted by atomic mass is 32.1. The van der Waals surface area contributed by atoms with E-state index in [4.69, 9.17) is 4.74 Å². The van der Waals surface area contributed by atoms with Gasteiger partial charge in [-0.25, -0.2) is 9.79 Å². The molecule has 23 heavy (non-hydrogen) atoms. The van der Waals surface area contributed by atoms with E-state index in [0.717, 1.165) is 23.5 Å². The second kappa shape index (κ2) is 6.79. The summed E-state index contributed by atoms with van der Waals surface area (Å²) in [6.45, 7) is 6.21. The van der Waals surface area contributed by atoms with E-state index in [0.29, 0.717) is 11.6 Å². The number of anilines is 1. The molecular formula is C18H18N2O2S. The lowest BCUT2D eigenvalue weighted by Gasteiger charge is -2.20. The van der Waals surface area contributed by atoms with Crippen molar-refractivity contribution < 1.29 is 9.53 Å². The zero-order valence-electron chi connectivity index (χ0n) is 13.2. The summed E-state index contributed by atoms with van der Waals surface area (Å²) in [5.41, 5.74) is 2.45. The average Bonchev–Trinajstić information content (AvgIpc) is 3.21. The van der Waals surface area contributed by atoms with Crippen molar-refractivity contribution in [3.05, 3.63) is 57.9 Å². The molecule has 1 aliphatic rings. The van der Waals surface area contributed by atoms with Crippen molar-refractivity contribution in [2.24, 2.45) is 4.99 Å². The predicted molar refractivity (Wildman–Crippen MR) is 94.9 cm³/mol. The van der Waals surface area contributed by atoms with Crippen molar-refractivity contribution in [3.8, 4) is 0 Å². The first-order chi connectivity index (χ1) is 11.2. The number of nitrogens with zero attached hydrogens (tertiary/aromatic N) is 2. The minimum absolute atomic E-state index is 0.337. The molecule has 2 aromatic rings. The summed E-state index contributed by atoms with van der Waals surface area (Å²) in [4.78, 5) is 19.4. The molecule has 118 valence electrons. The number of benzene rings is 1. The van der Waals surface area contributed by atoms with Crippen LogP contribution < -0.4 is 4.90 Å². The molecule has 0 amide bonds. The lowest BCUT2D eigenvalue weighted by atomic mass is 10.1. The van der Waals surface area contributed by atoms with Crippen LogP contribution in [0.4, 0.5) is 5.69 Å². The Hall–Kier alpha value is -2.40. The lowest BCUT2D eigenvalue weighted by molar-refractivity contribution is -0.129. The van der Waals surface area contributed by atoms with Crippen LogP contribution in [0.5, 0.6) is 0 Å². The van der Waals surface area contributed by atoms with Crippen LogP contribution in [0.1, 0.15) is 24.3 Å². The molecule has 4 nitrogen and oxygen atoms in total. The Kier molecular flexibility index (Phi) is 4.57. The van der Waals surface area contributed by atoms with Gasteiger partial charge >= 0.3 is 5.97 Å². The number of cyclic esters (lactones) is 1. The van der Waals surface area contributed by atoms with Gasteiger partial charge in [-0.2, -0.15) is 0 Å². The van der Waals surface area contributed by atoms with Crippen LogP contribution >= 0.6 is 11.3 Å². The number of hydrogen-bond donors (Lipinski definition) is 0. The van der Waals surface area contributed by atoms with Crippen LogP contribution in [-0.4, -0.2) is 25.0 Å². The smallest absolute Gasteiger partial charge is 0.363 e. The van der Waals surface area contributed by atoms with Crippen LogP contribution in [0.25, 0.3) is 6.08 Å². The van der Waals surface area contributed by atoms with Crippen LogP contribution in [0.15, 0.2) is 52.5 Å². The topological polar surface area (TPSA) is 41.9 Å². The molecule has 0 saturated carbocycles. The second-order valence-electron chi connectivity index (χ2n) is 5.08. The molecule has 5 heteroatoms. The number of carbonyl (C=O) groups is 1. The highest BCUT2D eigenvalue weighted by molar-refractivity contribution is 7.12. The average molecular weight is 326 g/mol. The van der Waals surface area contributed by atoms with Gasteiger partial charge in [-0.15, -0.1) is 11.3 Å². The van der Waals surface area contributed by atoms with Crippen LogP contribution in [0.3, 0.4) is 0 Å². The number of esters is 1. The van der Waals surface area contributed by atoms with E-state index < -0.39 is 5.97 Å². The Bertz CT molecular complexity index is 742. The summed E-state index contributed by atoms with van der Waals surface area (Å²) in [5.74, 6) is -0.0165. The number of rotatable bonds is 5. The van der Waals surface area contributed by atoms with Crippen molar-refractivity contribution in [1.29, 1.82) is 0 Å². The molecule has 3 rings (SSSR count). The molecule has 0 unspecified atom stereocenters. The van der Waals surface area contributed by atoms with Gasteiger partial charge in [0.25, 0.3) is 0 Å². The quantitative estimate of drug-likeness (QED) is 0.617. The summed E-state index contributed by atoms with van der Waals surface area (Å²) in [5, 5.41) is 1.93. The minimum atomic E-state index is -0.402. The zero-order valence-corrected chi connectivity index (χ0v) is 14.0. The molecule has 0 bridgehead atoms. The van der Waals surface area contributed by atoms with E-state index in [2.05, 4.69) is 35.9 Å². The molecule has 1 aliphatic heterocycles. The van der Waals surface area contributed by atoms with Gasteiger partial charge < -0.3 is 9.64 Å². The molecular weight excluding hydrogens is 308 g/mol. The van der Waals surface area contributed by atoms with E-state index >= 15 is 0 Å². The van der Waals surface area contributed by atoms with E-state index in [1.807, 2.05) is 29.6 Å². The summed E-state index contributed by atoms with van der Waals surface area (Å²) >= 11 is 1.50. The Morgan fingerprint density at radius 1 is 1.17 bits per heavy atom. The lowest BCUT2D eigenvalue weighted by Crippen LogP contribution is -2.21. The van der Waals surface area contributed by atoms with Gasteiger partial charge in [-0.3, -0.25) is 0 Å². The third-order valence-electron chi connectivity index (χ3n) is 3.68. The highest BCUT2D eigenvalue weighted by Crippen LogP contribution is 2.22. The van der Waals surface area contributed by atoms with Gasteiger partial charge in [0.05, 0.1) is 4.88 Å². The fraction of sp³-hybridized carbons (Fsp3) is 0.222. The molecule has 0 N–H and O–H groups in total. The molecule has 0 atom stereocenters. The Balaban J connectivity index is 1.82. The van der Waals surface area contributed by atoms with Crippen molar-refractivity contribution in [3.63, 3.8) is 0 Å². The standard InChI is InChI=1S/C18H18N2O2S/c1-3-20(4-2)14-9-7-13(8-10-14)12-15-18(21)22-17(19-15)16-6-5-11-23-16/h5-12H,3-4H2,1-2H3. The van der Waals surface area contributed by atoms with Gasteiger partial charge in [-0.1, -0.05) is 18.2 Å². The fourth-order valence-corrected chi connectivity index (χ4v) is 3.09. The van der Waals surface area contributed by atoms with Crippen molar-refractivity contribution in [1.82, 2.24) is 0 Å². The molecule has 1 aromatic carbocycles. The van der Waals surface area contributed by atoms with Gasteiger partial charge in [0, 0.05) is 18.8 Å².